The van der Waals surface area contributed by atoms with Gasteiger partial charge in [0.1, 0.15) is 0 Å². The lowest BCUT2D eigenvalue weighted by Gasteiger charge is -2.40. The van der Waals surface area contributed by atoms with Crippen LogP contribution in [0.3, 0.4) is 0 Å². The molecule has 5 unspecified atom stereocenters. The highest BCUT2D eigenvalue weighted by atomic mass is 19.4. The number of hydrogen-bond acceptors (Lipinski definition) is 6. The Morgan fingerprint density at radius 3 is 2.82 bits per heavy atom. The number of halogens is 3. The normalized spacial score (nSPS) is 31.2. The standard InChI is InChI=1S/C29H42F3N3O4/c1-38-26-18-39-12-9-24(26)34-22-7-10-28(14-22,15-25(36)19-5-3-2-4-6-19)27(37)35-11-8-23-20(17-35)13-21(16-33-23)29(30,31)32/h13,16,19,22,24-26,34,36H,2-12,14-15,17-18H2,1H3. The van der Waals surface area contributed by atoms with Gasteiger partial charge in [0.25, 0.3) is 0 Å². The number of methoxy groups -OCH3 is 1. The Hall–Kier alpha value is -1.75. The van der Waals surface area contributed by atoms with Crippen molar-refractivity contribution in [3.8, 4) is 0 Å². The van der Waals surface area contributed by atoms with Crippen LogP contribution in [0, 0.1) is 11.3 Å². The van der Waals surface area contributed by atoms with Gasteiger partial charge in [-0.25, -0.2) is 0 Å². The first-order valence-electron chi connectivity index (χ1n) is 14.6. The average Bonchev–Trinajstić information content (AvgIpc) is 3.35. The summed E-state index contributed by atoms with van der Waals surface area (Å²) in [4.78, 5) is 20.1. The molecule has 7 nitrogen and oxygen atoms in total. The van der Waals surface area contributed by atoms with Gasteiger partial charge in [-0.3, -0.25) is 9.78 Å². The van der Waals surface area contributed by atoms with E-state index in [2.05, 4.69) is 10.3 Å². The number of carbonyl (C=O) groups excluding carboxylic acids is 1. The summed E-state index contributed by atoms with van der Waals surface area (Å²) >= 11 is 0. The van der Waals surface area contributed by atoms with Crippen LogP contribution in [0.25, 0.3) is 0 Å². The third kappa shape index (κ3) is 6.44. The lowest BCUT2D eigenvalue weighted by atomic mass is 9.73. The molecule has 5 atom stereocenters. The van der Waals surface area contributed by atoms with Gasteiger partial charge in [0, 0.05) is 57.2 Å². The first-order chi connectivity index (χ1) is 18.7. The van der Waals surface area contributed by atoms with Gasteiger partial charge in [-0.15, -0.1) is 0 Å². The molecule has 5 rings (SSSR count). The number of fused-ring (bicyclic) bond motifs is 1. The third-order valence-corrected chi connectivity index (χ3v) is 9.57. The van der Waals surface area contributed by atoms with Crippen LogP contribution < -0.4 is 5.32 Å². The number of aromatic nitrogens is 1. The fraction of sp³-hybridized carbons (Fsp3) is 0.793. The van der Waals surface area contributed by atoms with Crippen molar-refractivity contribution in [1.82, 2.24) is 15.2 Å². The SMILES string of the molecule is COC1COCCC1NC1CCC(CC(O)C2CCCCC2)(C(=O)N2CCc3ncc(C(F)(F)F)cc3C2)C1. The molecule has 1 aromatic rings. The minimum absolute atomic E-state index is 0.0417. The Morgan fingerprint density at radius 1 is 1.28 bits per heavy atom. The van der Waals surface area contributed by atoms with Crippen molar-refractivity contribution in [2.24, 2.45) is 11.3 Å². The highest BCUT2D eigenvalue weighted by molar-refractivity contribution is 5.83. The van der Waals surface area contributed by atoms with E-state index in [4.69, 9.17) is 9.47 Å². The molecule has 0 bridgehead atoms. The van der Waals surface area contributed by atoms with Crippen LogP contribution in [0.2, 0.25) is 0 Å². The monoisotopic (exact) mass is 553 g/mol. The Labute approximate surface area is 228 Å². The summed E-state index contributed by atoms with van der Waals surface area (Å²) in [6.45, 7) is 1.74. The van der Waals surface area contributed by atoms with E-state index in [9.17, 15) is 23.1 Å². The van der Waals surface area contributed by atoms with Gasteiger partial charge in [-0.05, 0) is 62.5 Å². The zero-order valence-corrected chi connectivity index (χ0v) is 22.8. The Balaban J connectivity index is 1.35. The molecule has 39 heavy (non-hydrogen) atoms. The van der Waals surface area contributed by atoms with E-state index >= 15 is 0 Å². The topological polar surface area (TPSA) is 83.9 Å². The van der Waals surface area contributed by atoms with E-state index in [1.807, 2.05) is 0 Å². The van der Waals surface area contributed by atoms with Crippen molar-refractivity contribution in [2.75, 3.05) is 26.9 Å². The second-order valence-electron chi connectivity index (χ2n) is 12.1. The molecule has 1 saturated heterocycles. The third-order valence-electron chi connectivity index (χ3n) is 9.57. The highest BCUT2D eigenvalue weighted by Crippen LogP contribution is 2.47. The molecule has 3 heterocycles. The fourth-order valence-corrected chi connectivity index (χ4v) is 7.35. The van der Waals surface area contributed by atoms with Crippen molar-refractivity contribution in [2.45, 2.75) is 108 Å². The number of hydrogen-bond donors (Lipinski definition) is 2. The second-order valence-corrected chi connectivity index (χ2v) is 12.1. The number of ether oxygens (including phenoxy) is 2. The predicted molar refractivity (Wildman–Crippen MR) is 139 cm³/mol. The largest absolute Gasteiger partial charge is 0.417 e. The number of pyridine rings is 1. The molecule has 10 heteroatoms. The van der Waals surface area contributed by atoms with Gasteiger partial charge in [0.05, 0.1) is 29.8 Å². The molecule has 0 spiro atoms. The van der Waals surface area contributed by atoms with E-state index < -0.39 is 23.3 Å². The molecular formula is C29H42F3N3O4. The van der Waals surface area contributed by atoms with E-state index in [0.717, 1.165) is 50.8 Å². The first-order valence-corrected chi connectivity index (χ1v) is 14.6. The summed E-state index contributed by atoms with van der Waals surface area (Å²) in [6, 6.07) is 1.38. The summed E-state index contributed by atoms with van der Waals surface area (Å²) in [6.07, 6.45) is 4.88. The minimum Gasteiger partial charge on any atom is -0.393 e. The van der Waals surface area contributed by atoms with Crippen LogP contribution >= 0.6 is 0 Å². The lowest BCUT2D eigenvalue weighted by Crippen LogP contribution is -2.52. The first kappa shape index (κ1) is 28.8. The maximum atomic E-state index is 14.3. The quantitative estimate of drug-likeness (QED) is 0.526. The molecule has 2 saturated carbocycles. The van der Waals surface area contributed by atoms with Gasteiger partial charge in [0.2, 0.25) is 5.91 Å². The van der Waals surface area contributed by atoms with Crippen molar-refractivity contribution in [3.05, 3.63) is 29.1 Å². The van der Waals surface area contributed by atoms with Gasteiger partial charge in [-0.1, -0.05) is 19.3 Å². The highest BCUT2D eigenvalue weighted by Gasteiger charge is 2.50. The van der Waals surface area contributed by atoms with E-state index in [1.165, 1.54) is 6.42 Å². The van der Waals surface area contributed by atoms with Crippen LogP contribution in [0.15, 0.2) is 12.3 Å². The number of aliphatic hydroxyl groups is 1. The van der Waals surface area contributed by atoms with Crippen LogP contribution in [-0.2, 0) is 33.4 Å². The van der Waals surface area contributed by atoms with Crippen LogP contribution in [-0.4, -0.2) is 72.1 Å². The number of aliphatic hydroxyl groups excluding tert-OH is 1. The number of nitrogens with one attached hydrogen (secondary N) is 1. The van der Waals surface area contributed by atoms with Crippen molar-refractivity contribution < 1.29 is 32.5 Å². The van der Waals surface area contributed by atoms with Crippen molar-refractivity contribution in [1.29, 1.82) is 0 Å². The summed E-state index contributed by atoms with van der Waals surface area (Å²) in [5.74, 6) is 0.157. The molecule has 4 aliphatic rings. The Morgan fingerprint density at radius 2 is 2.08 bits per heavy atom. The van der Waals surface area contributed by atoms with E-state index in [1.54, 1.807) is 12.0 Å². The maximum absolute atomic E-state index is 14.3. The zero-order valence-electron chi connectivity index (χ0n) is 22.8. The second kappa shape index (κ2) is 12.0. The Bertz CT molecular complexity index is 1000. The van der Waals surface area contributed by atoms with E-state index in [-0.39, 0.29) is 36.6 Å². The van der Waals surface area contributed by atoms with Gasteiger partial charge >= 0.3 is 6.18 Å². The number of carbonyl (C=O) groups is 1. The fourth-order valence-electron chi connectivity index (χ4n) is 7.35. The smallest absolute Gasteiger partial charge is 0.393 e. The molecular weight excluding hydrogens is 511 g/mol. The molecule has 1 aromatic heterocycles. The molecule has 2 aliphatic heterocycles. The average molecular weight is 554 g/mol. The molecule has 0 aromatic carbocycles. The summed E-state index contributed by atoms with van der Waals surface area (Å²) < 4.78 is 51.3. The van der Waals surface area contributed by atoms with Gasteiger partial charge < -0.3 is 24.8 Å². The number of rotatable bonds is 7. The van der Waals surface area contributed by atoms with Gasteiger partial charge in [-0.2, -0.15) is 13.2 Å². The number of alkyl halides is 3. The molecule has 0 radical (unpaired) electrons. The summed E-state index contributed by atoms with van der Waals surface area (Å²) in [7, 11) is 1.68. The molecule has 1 amide bonds. The number of nitrogens with zero attached hydrogens (tertiary/aromatic N) is 2. The number of amides is 1. The van der Waals surface area contributed by atoms with Crippen molar-refractivity contribution >= 4 is 5.91 Å². The maximum Gasteiger partial charge on any atom is 0.417 e. The molecule has 3 fully saturated rings. The van der Waals surface area contributed by atoms with Crippen LogP contribution in [0.5, 0.6) is 0 Å². The van der Waals surface area contributed by atoms with Gasteiger partial charge in [0.15, 0.2) is 0 Å². The summed E-state index contributed by atoms with van der Waals surface area (Å²) in [5, 5.41) is 15.1. The predicted octanol–water partition coefficient (Wildman–Crippen LogP) is 4.25. The molecule has 2 aliphatic carbocycles. The zero-order chi connectivity index (χ0) is 27.6. The molecule has 2 N–H and O–H groups in total. The lowest BCUT2D eigenvalue weighted by molar-refractivity contribution is -0.146. The Kier molecular flexibility index (Phi) is 8.86. The van der Waals surface area contributed by atoms with Crippen molar-refractivity contribution in [3.63, 3.8) is 0 Å². The van der Waals surface area contributed by atoms with E-state index in [0.29, 0.717) is 56.7 Å². The van der Waals surface area contributed by atoms with Crippen LogP contribution in [0.4, 0.5) is 13.2 Å². The van der Waals surface area contributed by atoms with Crippen LogP contribution in [0.1, 0.15) is 81.0 Å². The minimum atomic E-state index is -4.48. The molecule has 218 valence electrons. The summed E-state index contributed by atoms with van der Waals surface area (Å²) in [5.41, 5.74) is -0.439.